The lowest BCUT2D eigenvalue weighted by atomic mass is 10.2. The molecular formula is C20H21FN4O2. The number of aryl methyl sites for hydroxylation is 1. The van der Waals surface area contributed by atoms with Crippen LogP contribution in [0.25, 0.3) is 0 Å². The summed E-state index contributed by atoms with van der Waals surface area (Å²) in [5, 5.41) is 6.40. The van der Waals surface area contributed by atoms with E-state index in [1.807, 2.05) is 25.1 Å². The van der Waals surface area contributed by atoms with Gasteiger partial charge >= 0.3 is 0 Å². The number of aromatic nitrogens is 2. The Hall–Kier alpha value is -3.35. The van der Waals surface area contributed by atoms with E-state index >= 15 is 0 Å². The van der Waals surface area contributed by atoms with Crippen molar-refractivity contribution in [2.75, 3.05) is 24.9 Å². The van der Waals surface area contributed by atoms with Crippen LogP contribution in [-0.4, -0.2) is 24.2 Å². The Kier molecular flexibility index (Phi) is 5.71. The highest BCUT2D eigenvalue weighted by atomic mass is 19.1. The first kappa shape index (κ1) is 18.4. The molecule has 1 heterocycles. The van der Waals surface area contributed by atoms with E-state index in [1.165, 1.54) is 12.1 Å². The van der Waals surface area contributed by atoms with E-state index in [-0.39, 0.29) is 5.82 Å². The van der Waals surface area contributed by atoms with E-state index < -0.39 is 0 Å². The van der Waals surface area contributed by atoms with Crippen molar-refractivity contribution >= 4 is 17.5 Å². The second-order valence-electron chi connectivity index (χ2n) is 5.89. The average molecular weight is 368 g/mol. The molecule has 0 atom stereocenters. The lowest BCUT2D eigenvalue weighted by Gasteiger charge is -2.13. The molecule has 0 aliphatic rings. The van der Waals surface area contributed by atoms with E-state index in [9.17, 15) is 4.39 Å². The minimum atomic E-state index is -0.253. The van der Waals surface area contributed by atoms with Crippen LogP contribution in [0.15, 0.2) is 48.5 Å². The normalized spacial score (nSPS) is 10.4. The summed E-state index contributed by atoms with van der Waals surface area (Å²) in [6.45, 7) is 2.42. The van der Waals surface area contributed by atoms with Crippen molar-refractivity contribution in [3.8, 4) is 11.5 Å². The van der Waals surface area contributed by atoms with E-state index in [4.69, 9.17) is 9.47 Å². The van der Waals surface area contributed by atoms with Gasteiger partial charge in [0.2, 0.25) is 5.95 Å². The summed E-state index contributed by atoms with van der Waals surface area (Å²) in [5.74, 6) is 2.18. The highest BCUT2D eigenvalue weighted by molar-refractivity contribution is 5.65. The molecular weight excluding hydrogens is 347 g/mol. The third-order valence-corrected chi connectivity index (χ3v) is 3.90. The summed E-state index contributed by atoms with van der Waals surface area (Å²) < 4.78 is 23.6. The van der Waals surface area contributed by atoms with Gasteiger partial charge in [-0.1, -0.05) is 12.1 Å². The number of hydrogen-bond donors (Lipinski definition) is 2. The molecule has 27 heavy (non-hydrogen) atoms. The molecule has 0 unspecified atom stereocenters. The quantitative estimate of drug-likeness (QED) is 0.648. The van der Waals surface area contributed by atoms with Crippen molar-refractivity contribution in [2.24, 2.45) is 0 Å². The third-order valence-electron chi connectivity index (χ3n) is 3.90. The number of benzene rings is 2. The summed E-state index contributed by atoms with van der Waals surface area (Å²) in [7, 11) is 3.19. The zero-order chi connectivity index (χ0) is 19.2. The Morgan fingerprint density at radius 2 is 1.74 bits per heavy atom. The second kappa shape index (κ2) is 8.35. The topological polar surface area (TPSA) is 68.3 Å². The van der Waals surface area contributed by atoms with Crippen LogP contribution in [0.4, 0.5) is 21.8 Å². The molecule has 2 N–H and O–H groups in total. The van der Waals surface area contributed by atoms with Crippen LogP contribution in [-0.2, 0) is 6.54 Å². The Balaban J connectivity index is 1.76. The molecule has 0 bridgehead atoms. The standard InChI is InChI=1S/C20H21FN4O2/c1-13-10-19(22-12-14-4-6-15(21)7-5-14)25-20(23-13)24-17-9-8-16(26-2)11-18(17)27-3/h4-11H,12H2,1-3H3,(H2,22,23,24,25). The van der Waals surface area contributed by atoms with Gasteiger partial charge in [-0.3, -0.25) is 0 Å². The van der Waals surface area contributed by atoms with Crippen LogP contribution < -0.4 is 20.1 Å². The number of hydrogen-bond acceptors (Lipinski definition) is 6. The maximum Gasteiger partial charge on any atom is 0.229 e. The number of rotatable bonds is 7. The predicted molar refractivity (Wildman–Crippen MR) is 103 cm³/mol. The summed E-state index contributed by atoms with van der Waals surface area (Å²) in [4.78, 5) is 8.90. The monoisotopic (exact) mass is 368 g/mol. The van der Waals surface area contributed by atoms with Gasteiger partial charge in [0.05, 0.1) is 19.9 Å². The SMILES string of the molecule is COc1ccc(Nc2nc(C)cc(NCc3ccc(F)cc3)n2)c(OC)c1. The zero-order valence-corrected chi connectivity index (χ0v) is 15.4. The first-order valence-corrected chi connectivity index (χ1v) is 8.40. The molecule has 0 saturated heterocycles. The Bertz CT molecular complexity index is 916. The highest BCUT2D eigenvalue weighted by Crippen LogP contribution is 2.30. The van der Waals surface area contributed by atoms with Gasteiger partial charge in [0, 0.05) is 24.4 Å². The lowest BCUT2D eigenvalue weighted by Crippen LogP contribution is -2.06. The van der Waals surface area contributed by atoms with E-state index in [0.717, 1.165) is 16.9 Å². The van der Waals surface area contributed by atoms with E-state index in [2.05, 4.69) is 20.6 Å². The van der Waals surface area contributed by atoms with Crippen molar-refractivity contribution in [1.82, 2.24) is 9.97 Å². The summed E-state index contributed by atoms with van der Waals surface area (Å²) >= 11 is 0. The second-order valence-corrected chi connectivity index (χ2v) is 5.89. The Morgan fingerprint density at radius 3 is 2.44 bits per heavy atom. The molecule has 0 aliphatic heterocycles. The predicted octanol–water partition coefficient (Wildman–Crippen LogP) is 4.30. The van der Waals surface area contributed by atoms with Crippen LogP contribution in [0.3, 0.4) is 0 Å². The van der Waals surface area contributed by atoms with Crippen LogP contribution in [0.1, 0.15) is 11.3 Å². The summed E-state index contributed by atoms with van der Waals surface area (Å²) in [5.41, 5.74) is 2.49. The molecule has 6 nitrogen and oxygen atoms in total. The van der Waals surface area contributed by atoms with Gasteiger partial charge < -0.3 is 20.1 Å². The highest BCUT2D eigenvalue weighted by Gasteiger charge is 2.08. The first-order valence-electron chi connectivity index (χ1n) is 8.40. The molecule has 3 rings (SSSR count). The van der Waals surface area contributed by atoms with Gasteiger partial charge in [-0.05, 0) is 36.8 Å². The molecule has 1 aromatic heterocycles. The molecule has 0 fully saturated rings. The molecule has 0 amide bonds. The van der Waals surface area contributed by atoms with Crippen molar-refractivity contribution in [2.45, 2.75) is 13.5 Å². The van der Waals surface area contributed by atoms with Crippen molar-refractivity contribution < 1.29 is 13.9 Å². The van der Waals surface area contributed by atoms with Gasteiger partial charge in [-0.2, -0.15) is 4.98 Å². The largest absolute Gasteiger partial charge is 0.497 e. The minimum Gasteiger partial charge on any atom is -0.497 e. The van der Waals surface area contributed by atoms with Crippen LogP contribution in [0.5, 0.6) is 11.5 Å². The Morgan fingerprint density at radius 1 is 0.963 bits per heavy atom. The van der Waals surface area contributed by atoms with Crippen molar-refractivity contribution in [1.29, 1.82) is 0 Å². The Labute approximate surface area is 157 Å². The van der Waals surface area contributed by atoms with Crippen LogP contribution in [0, 0.1) is 12.7 Å². The number of nitrogens with one attached hydrogen (secondary N) is 2. The van der Waals surface area contributed by atoms with Crippen molar-refractivity contribution in [3.63, 3.8) is 0 Å². The van der Waals surface area contributed by atoms with Gasteiger partial charge in [0.1, 0.15) is 23.1 Å². The number of ether oxygens (including phenoxy) is 2. The first-order chi connectivity index (χ1) is 13.1. The maximum absolute atomic E-state index is 13.0. The molecule has 0 saturated carbocycles. The number of anilines is 3. The fourth-order valence-electron chi connectivity index (χ4n) is 2.53. The van der Waals surface area contributed by atoms with E-state index in [1.54, 1.807) is 32.4 Å². The average Bonchev–Trinajstić information content (AvgIpc) is 2.67. The summed E-state index contributed by atoms with van der Waals surface area (Å²) in [6, 6.07) is 13.6. The molecule has 140 valence electrons. The molecule has 0 aliphatic carbocycles. The van der Waals surface area contributed by atoms with Gasteiger partial charge in [0.25, 0.3) is 0 Å². The lowest BCUT2D eigenvalue weighted by molar-refractivity contribution is 0.395. The van der Waals surface area contributed by atoms with Gasteiger partial charge in [-0.25, -0.2) is 9.37 Å². The summed E-state index contributed by atoms with van der Waals surface area (Å²) in [6.07, 6.45) is 0. The number of halogens is 1. The number of methoxy groups -OCH3 is 2. The molecule has 3 aromatic rings. The van der Waals surface area contributed by atoms with Crippen LogP contribution in [0.2, 0.25) is 0 Å². The van der Waals surface area contributed by atoms with Gasteiger partial charge in [0.15, 0.2) is 0 Å². The minimum absolute atomic E-state index is 0.253. The van der Waals surface area contributed by atoms with E-state index in [0.29, 0.717) is 29.8 Å². The van der Waals surface area contributed by atoms with Crippen LogP contribution >= 0.6 is 0 Å². The fourth-order valence-corrected chi connectivity index (χ4v) is 2.53. The molecule has 0 spiro atoms. The van der Waals surface area contributed by atoms with Crippen molar-refractivity contribution in [3.05, 3.63) is 65.6 Å². The molecule has 2 aromatic carbocycles. The third kappa shape index (κ3) is 4.84. The molecule has 7 heteroatoms. The van der Waals surface area contributed by atoms with Gasteiger partial charge in [-0.15, -0.1) is 0 Å². The zero-order valence-electron chi connectivity index (χ0n) is 15.4. The molecule has 0 radical (unpaired) electrons. The fraction of sp³-hybridized carbons (Fsp3) is 0.200. The smallest absolute Gasteiger partial charge is 0.229 e. The number of nitrogens with zero attached hydrogens (tertiary/aromatic N) is 2. The maximum atomic E-state index is 13.0.